The maximum Gasteiger partial charge on any atom is 0.267 e. The molecule has 0 saturated carbocycles. The first kappa shape index (κ1) is 23.2. The van der Waals surface area contributed by atoms with Crippen LogP contribution < -0.4 is 14.8 Å². The van der Waals surface area contributed by atoms with Crippen LogP contribution in [-0.4, -0.2) is 45.9 Å². The minimum Gasteiger partial charge on any atom is -0.478 e. The zero-order chi connectivity index (χ0) is 22.9. The lowest BCUT2D eigenvalue weighted by Crippen LogP contribution is -2.42. The van der Waals surface area contributed by atoms with Crippen molar-refractivity contribution < 1.29 is 30.8 Å². The molecule has 0 radical (unpaired) electrons. The van der Waals surface area contributed by atoms with Crippen molar-refractivity contribution in [2.45, 2.75) is 36.8 Å². The average Bonchev–Trinajstić information content (AvgIpc) is 3.01. The fraction of sp³-hybridized carbons (Fsp3) is 0.350. The van der Waals surface area contributed by atoms with Gasteiger partial charge >= 0.3 is 0 Å². The number of anilines is 1. The van der Waals surface area contributed by atoms with Gasteiger partial charge in [0.15, 0.2) is 15.4 Å². The standard InChI is InChI=1S/C20H23FN2O6S2/c1-20(2,29-17-7-3-14(21)4-8-17)19(24)22-15-5-9-18(10-6-15)31(27,28)23-16-11-12-30(25,26)13-16/h3-10,16,23H,11-13H2,1-2H3,(H,22,24). The molecule has 168 valence electrons. The van der Waals surface area contributed by atoms with E-state index in [9.17, 15) is 26.0 Å². The Kier molecular flexibility index (Phi) is 6.40. The monoisotopic (exact) mass is 470 g/mol. The molecular weight excluding hydrogens is 447 g/mol. The van der Waals surface area contributed by atoms with Crippen LogP contribution in [0.1, 0.15) is 20.3 Å². The maximum atomic E-state index is 13.0. The summed E-state index contributed by atoms with van der Waals surface area (Å²) in [6.07, 6.45) is 0.235. The van der Waals surface area contributed by atoms with E-state index in [0.717, 1.165) is 0 Å². The van der Waals surface area contributed by atoms with Crippen LogP contribution in [0.25, 0.3) is 0 Å². The molecule has 0 bridgehead atoms. The molecule has 0 aromatic heterocycles. The van der Waals surface area contributed by atoms with Gasteiger partial charge in [-0.3, -0.25) is 4.79 Å². The first-order valence-corrected chi connectivity index (χ1v) is 12.8. The van der Waals surface area contributed by atoms with Gasteiger partial charge in [-0.15, -0.1) is 0 Å². The molecule has 8 nitrogen and oxygen atoms in total. The van der Waals surface area contributed by atoms with Gasteiger partial charge in [0, 0.05) is 11.7 Å². The SMILES string of the molecule is CC(C)(Oc1ccc(F)cc1)C(=O)Nc1ccc(S(=O)(=O)NC2CCS(=O)(=O)C2)cc1. The molecule has 1 fully saturated rings. The molecule has 11 heteroatoms. The van der Waals surface area contributed by atoms with Crippen LogP contribution in [0, 0.1) is 5.82 Å². The van der Waals surface area contributed by atoms with E-state index < -0.39 is 43.2 Å². The molecule has 2 N–H and O–H groups in total. The van der Waals surface area contributed by atoms with Crippen LogP contribution in [0.5, 0.6) is 5.75 Å². The number of ether oxygens (including phenoxy) is 1. The molecule has 1 heterocycles. The fourth-order valence-corrected chi connectivity index (χ4v) is 6.07. The Labute approximate surface area is 180 Å². The summed E-state index contributed by atoms with van der Waals surface area (Å²) in [6.45, 7) is 3.09. The highest BCUT2D eigenvalue weighted by Crippen LogP contribution is 2.22. The van der Waals surface area contributed by atoms with Crippen molar-refractivity contribution >= 4 is 31.5 Å². The summed E-state index contributed by atoms with van der Waals surface area (Å²) in [5.41, 5.74) is -0.930. The fourth-order valence-electron chi connectivity index (χ4n) is 3.02. The van der Waals surface area contributed by atoms with Gasteiger partial charge in [0.1, 0.15) is 11.6 Å². The predicted octanol–water partition coefficient (Wildman–Crippen LogP) is 2.09. The lowest BCUT2D eigenvalue weighted by atomic mass is 10.1. The summed E-state index contributed by atoms with van der Waals surface area (Å²) in [6, 6.07) is 10.1. The lowest BCUT2D eigenvalue weighted by Gasteiger charge is -2.25. The van der Waals surface area contributed by atoms with E-state index in [0.29, 0.717) is 11.4 Å². The number of amides is 1. The molecule has 1 atom stereocenters. The first-order chi connectivity index (χ1) is 14.4. The number of hydrogen-bond donors (Lipinski definition) is 2. The van der Waals surface area contributed by atoms with Gasteiger partial charge in [-0.25, -0.2) is 25.9 Å². The molecule has 1 amide bonds. The van der Waals surface area contributed by atoms with Gasteiger partial charge in [-0.2, -0.15) is 0 Å². The highest BCUT2D eigenvalue weighted by Gasteiger charge is 2.32. The Morgan fingerprint density at radius 3 is 2.26 bits per heavy atom. The van der Waals surface area contributed by atoms with Gasteiger partial charge < -0.3 is 10.1 Å². The predicted molar refractivity (Wildman–Crippen MR) is 114 cm³/mol. The van der Waals surface area contributed by atoms with Crippen LogP contribution in [0.15, 0.2) is 53.4 Å². The smallest absolute Gasteiger partial charge is 0.267 e. The van der Waals surface area contributed by atoms with Gasteiger partial charge in [0.25, 0.3) is 5.91 Å². The number of rotatable bonds is 7. The molecule has 1 unspecified atom stereocenters. The van der Waals surface area contributed by atoms with Crippen molar-refractivity contribution in [3.8, 4) is 5.75 Å². The molecule has 0 aliphatic carbocycles. The Balaban J connectivity index is 1.64. The quantitative estimate of drug-likeness (QED) is 0.640. The summed E-state index contributed by atoms with van der Waals surface area (Å²) in [5.74, 6) is -0.844. The van der Waals surface area contributed by atoms with Gasteiger partial charge in [-0.1, -0.05) is 0 Å². The van der Waals surface area contributed by atoms with E-state index in [1.165, 1.54) is 48.5 Å². The third-order valence-electron chi connectivity index (χ3n) is 4.71. The van der Waals surface area contributed by atoms with Crippen LogP contribution >= 0.6 is 0 Å². The maximum absolute atomic E-state index is 13.0. The Morgan fingerprint density at radius 2 is 1.71 bits per heavy atom. The average molecular weight is 471 g/mol. The lowest BCUT2D eigenvalue weighted by molar-refractivity contribution is -0.128. The van der Waals surface area contributed by atoms with E-state index in [2.05, 4.69) is 10.0 Å². The zero-order valence-electron chi connectivity index (χ0n) is 17.0. The summed E-state index contributed by atoms with van der Waals surface area (Å²) in [4.78, 5) is 12.5. The number of benzene rings is 2. The molecule has 3 rings (SSSR count). The second-order valence-corrected chi connectivity index (χ2v) is 11.7. The summed E-state index contributed by atoms with van der Waals surface area (Å²) >= 11 is 0. The normalized spacial score (nSPS) is 18.5. The summed E-state index contributed by atoms with van der Waals surface area (Å²) < 4.78 is 69.0. The number of sulfone groups is 1. The number of sulfonamides is 1. The minimum absolute atomic E-state index is 0.0407. The van der Waals surface area contributed by atoms with Crippen molar-refractivity contribution in [3.63, 3.8) is 0 Å². The second-order valence-electron chi connectivity index (χ2n) is 7.77. The van der Waals surface area contributed by atoms with Crippen molar-refractivity contribution in [2.24, 2.45) is 0 Å². The van der Waals surface area contributed by atoms with E-state index in [1.54, 1.807) is 13.8 Å². The van der Waals surface area contributed by atoms with E-state index in [4.69, 9.17) is 4.74 Å². The zero-order valence-corrected chi connectivity index (χ0v) is 18.6. The van der Waals surface area contributed by atoms with Crippen molar-refractivity contribution in [2.75, 3.05) is 16.8 Å². The molecule has 1 aliphatic heterocycles. The highest BCUT2D eigenvalue weighted by molar-refractivity contribution is 7.92. The third-order valence-corrected chi connectivity index (χ3v) is 8.01. The van der Waals surface area contributed by atoms with Gasteiger partial charge in [-0.05, 0) is 68.8 Å². The van der Waals surface area contributed by atoms with Gasteiger partial charge in [0.05, 0.1) is 16.4 Å². The van der Waals surface area contributed by atoms with E-state index in [-0.39, 0.29) is 22.8 Å². The summed E-state index contributed by atoms with van der Waals surface area (Å²) in [5, 5.41) is 2.64. The Morgan fingerprint density at radius 1 is 1.10 bits per heavy atom. The molecule has 2 aromatic carbocycles. The number of hydrogen-bond acceptors (Lipinski definition) is 6. The molecule has 2 aromatic rings. The molecule has 0 spiro atoms. The number of halogens is 1. The molecule has 1 aliphatic rings. The third kappa shape index (κ3) is 6.02. The summed E-state index contributed by atoms with van der Waals surface area (Å²) in [7, 11) is -7.11. The first-order valence-electron chi connectivity index (χ1n) is 9.45. The Hall–Kier alpha value is -2.50. The van der Waals surface area contributed by atoms with E-state index >= 15 is 0 Å². The minimum atomic E-state index is -3.89. The molecule has 31 heavy (non-hydrogen) atoms. The van der Waals surface area contributed by atoms with E-state index in [1.807, 2.05) is 0 Å². The van der Waals surface area contributed by atoms with Crippen LogP contribution in [0.4, 0.5) is 10.1 Å². The number of carbonyl (C=O) groups is 1. The van der Waals surface area contributed by atoms with Crippen LogP contribution in [-0.2, 0) is 24.7 Å². The van der Waals surface area contributed by atoms with Crippen LogP contribution in [0.3, 0.4) is 0 Å². The topological polar surface area (TPSA) is 119 Å². The van der Waals surface area contributed by atoms with Crippen molar-refractivity contribution in [3.05, 3.63) is 54.3 Å². The van der Waals surface area contributed by atoms with Crippen molar-refractivity contribution in [1.82, 2.24) is 4.72 Å². The number of carbonyl (C=O) groups excluding carboxylic acids is 1. The molecule has 1 saturated heterocycles. The van der Waals surface area contributed by atoms with Gasteiger partial charge in [0.2, 0.25) is 10.0 Å². The largest absolute Gasteiger partial charge is 0.478 e. The second kappa shape index (κ2) is 8.56. The highest BCUT2D eigenvalue weighted by atomic mass is 32.2. The molecular formula is C20H23FN2O6S2. The van der Waals surface area contributed by atoms with Crippen molar-refractivity contribution in [1.29, 1.82) is 0 Å². The number of nitrogens with one attached hydrogen (secondary N) is 2. The van der Waals surface area contributed by atoms with Crippen LogP contribution in [0.2, 0.25) is 0 Å². The Bertz CT molecular complexity index is 1160.